The summed E-state index contributed by atoms with van der Waals surface area (Å²) in [5, 5.41) is 0. The average Bonchev–Trinajstić information content (AvgIpc) is 2.47. The molecule has 0 saturated carbocycles. The third-order valence-corrected chi connectivity index (χ3v) is 3.61. The van der Waals surface area contributed by atoms with Gasteiger partial charge in [0.1, 0.15) is 11.6 Å². The molecule has 0 saturated heterocycles. The van der Waals surface area contributed by atoms with Gasteiger partial charge in [0, 0.05) is 25.6 Å². The van der Waals surface area contributed by atoms with Crippen LogP contribution in [0.2, 0.25) is 0 Å². The molecule has 0 aliphatic rings. The molecule has 0 atom stereocenters. The van der Waals surface area contributed by atoms with Crippen LogP contribution in [0.25, 0.3) is 0 Å². The fraction of sp³-hybridized carbons (Fsp3) is 0.733. The minimum atomic E-state index is -0.0611. The van der Waals surface area contributed by atoms with E-state index in [-0.39, 0.29) is 5.56 Å². The fourth-order valence-electron chi connectivity index (χ4n) is 2.28. The number of anilines is 1. The number of nitrogens with zero attached hydrogens (tertiary/aromatic N) is 3. The third kappa shape index (κ3) is 4.96. The Balaban J connectivity index is 2.66. The van der Waals surface area contributed by atoms with E-state index >= 15 is 0 Å². The fourth-order valence-corrected chi connectivity index (χ4v) is 2.28. The number of rotatable bonds is 9. The van der Waals surface area contributed by atoms with Gasteiger partial charge in [-0.3, -0.25) is 4.79 Å². The Hall–Kier alpha value is -1.36. The Labute approximate surface area is 122 Å². The van der Waals surface area contributed by atoms with Gasteiger partial charge < -0.3 is 14.8 Å². The summed E-state index contributed by atoms with van der Waals surface area (Å²) < 4.78 is 0. The number of aryl methyl sites for hydroxylation is 1. The van der Waals surface area contributed by atoms with Gasteiger partial charge in [0.25, 0.3) is 5.56 Å². The molecule has 0 amide bonds. The van der Waals surface area contributed by atoms with Gasteiger partial charge in [0.2, 0.25) is 0 Å². The molecule has 114 valence electrons. The lowest BCUT2D eigenvalue weighted by molar-refractivity contribution is 0.300. The Kier molecular flexibility index (Phi) is 7.30. The van der Waals surface area contributed by atoms with E-state index in [2.05, 4.69) is 40.5 Å². The molecular formula is C15H28N4O. The van der Waals surface area contributed by atoms with Crippen LogP contribution in [-0.4, -0.2) is 47.6 Å². The van der Waals surface area contributed by atoms with Crippen LogP contribution < -0.4 is 10.5 Å². The molecule has 1 heterocycles. The maximum absolute atomic E-state index is 11.6. The molecular weight excluding hydrogens is 252 g/mol. The molecule has 1 aromatic heterocycles. The lowest BCUT2D eigenvalue weighted by Crippen LogP contribution is -2.31. The molecule has 1 aromatic rings. The van der Waals surface area contributed by atoms with Crippen LogP contribution in [0.4, 0.5) is 5.82 Å². The predicted octanol–water partition coefficient (Wildman–Crippen LogP) is 1.89. The van der Waals surface area contributed by atoms with Crippen LogP contribution in [-0.2, 0) is 6.42 Å². The Bertz CT molecular complexity index is 440. The normalized spacial score (nSPS) is 11.1. The first-order valence-electron chi connectivity index (χ1n) is 7.72. The summed E-state index contributed by atoms with van der Waals surface area (Å²) in [7, 11) is 0. The van der Waals surface area contributed by atoms with Crippen LogP contribution in [0.3, 0.4) is 0 Å². The number of nitrogens with one attached hydrogen (secondary N) is 1. The third-order valence-electron chi connectivity index (χ3n) is 3.61. The summed E-state index contributed by atoms with van der Waals surface area (Å²) in [4.78, 5) is 23.5. The van der Waals surface area contributed by atoms with Crippen LogP contribution in [0.1, 0.15) is 39.9 Å². The molecule has 0 bridgehead atoms. The van der Waals surface area contributed by atoms with Crippen LogP contribution in [0.15, 0.2) is 10.9 Å². The second-order valence-electron chi connectivity index (χ2n) is 4.86. The van der Waals surface area contributed by atoms with E-state index < -0.39 is 0 Å². The van der Waals surface area contributed by atoms with Gasteiger partial charge in [0.05, 0.1) is 0 Å². The average molecular weight is 280 g/mol. The molecule has 20 heavy (non-hydrogen) atoms. The topological polar surface area (TPSA) is 52.2 Å². The van der Waals surface area contributed by atoms with E-state index in [1.54, 1.807) is 6.07 Å². The van der Waals surface area contributed by atoms with Gasteiger partial charge in [-0.05, 0) is 33.0 Å². The van der Waals surface area contributed by atoms with Crippen molar-refractivity contribution < 1.29 is 0 Å². The molecule has 0 radical (unpaired) electrons. The van der Waals surface area contributed by atoms with Crippen molar-refractivity contribution in [3.05, 3.63) is 22.2 Å². The highest BCUT2D eigenvalue weighted by Gasteiger charge is 2.09. The van der Waals surface area contributed by atoms with Gasteiger partial charge in [-0.1, -0.05) is 20.8 Å². The first-order valence-corrected chi connectivity index (χ1v) is 7.72. The van der Waals surface area contributed by atoms with Crippen molar-refractivity contribution >= 4 is 5.82 Å². The van der Waals surface area contributed by atoms with Crippen molar-refractivity contribution in [3.63, 3.8) is 0 Å². The number of H-pyrrole nitrogens is 1. The molecule has 0 aliphatic carbocycles. The zero-order valence-corrected chi connectivity index (χ0v) is 13.3. The van der Waals surface area contributed by atoms with E-state index in [9.17, 15) is 4.79 Å². The maximum Gasteiger partial charge on any atom is 0.252 e. The standard InChI is InChI=1S/C15H28N4O/c1-5-13-16-14(12-15(20)17-13)19(8-4)11-9-10-18(6-2)7-3/h12H,5-11H2,1-4H3,(H,16,17,20). The Morgan fingerprint density at radius 1 is 1.10 bits per heavy atom. The summed E-state index contributed by atoms with van der Waals surface area (Å²) in [6.45, 7) is 13.6. The van der Waals surface area contributed by atoms with Crippen molar-refractivity contribution in [1.29, 1.82) is 0 Å². The lowest BCUT2D eigenvalue weighted by atomic mass is 10.3. The highest BCUT2D eigenvalue weighted by molar-refractivity contribution is 5.37. The van der Waals surface area contributed by atoms with E-state index in [1.807, 2.05) is 6.92 Å². The van der Waals surface area contributed by atoms with Crippen molar-refractivity contribution in [3.8, 4) is 0 Å². The SMILES string of the molecule is CCc1nc(N(CC)CCCN(CC)CC)cc(=O)[nH]1. The van der Waals surface area contributed by atoms with Crippen LogP contribution >= 0.6 is 0 Å². The summed E-state index contributed by atoms with van der Waals surface area (Å²) in [6, 6.07) is 1.60. The second kappa shape index (κ2) is 8.74. The number of aromatic amines is 1. The molecule has 0 spiro atoms. The number of hydrogen-bond acceptors (Lipinski definition) is 4. The van der Waals surface area contributed by atoms with Crippen molar-refractivity contribution in [2.24, 2.45) is 0 Å². The van der Waals surface area contributed by atoms with Crippen LogP contribution in [0, 0.1) is 0 Å². The largest absolute Gasteiger partial charge is 0.357 e. The molecule has 0 aliphatic heterocycles. The summed E-state index contributed by atoms with van der Waals surface area (Å²) in [5.74, 6) is 1.56. The zero-order valence-electron chi connectivity index (χ0n) is 13.3. The molecule has 0 fully saturated rings. The van der Waals surface area contributed by atoms with Crippen molar-refractivity contribution in [1.82, 2.24) is 14.9 Å². The smallest absolute Gasteiger partial charge is 0.252 e. The minimum absolute atomic E-state index is 0.0611. The summed E-state index contributed by atoms with van der Waals surface area (Å²) in [5.41, 5.74) is -0.0611. The quantitative estimate of drug-likeness (QED) is 0.750. The van der Waals surface area contributed by atoms with Gasteiger partial charge in [-0.2, -0.15) is 0 Å². The summed E-state index contributed by atoms with van der Waals surface area (Å²) >= 11 is 0. The van der Waals surface area contributed by atoms with Gasteiger partial charge >= 0.3 is 0 Å². The highest BCUT2D eigenvalue weighted by atomic mass is 16.1. The first-order chi connectivity index (χ1) is 9.64. The Morgan fingerprint density at radius 2 is 1.80 bits per heavy atom. The van der Waals surface area contributed by atoms with Crippen LogP contribution in [0.5, 0.6) is 0 Å². The number of hydrogen-bond donors (Lipinski definition) is 1. The predicted molar refractivity (Wildman–Crippen MR) is 84.5 cm³/mol. The monoisotopic (exact) mass is 280 g/mol. The summed E-state index contributed by atoms with van der Waals surface area (Å²) in [6.07, 6.45) is 1.84. The molecule has 1 rings (SSSR count). The van der Waals surface area contributed by atoms with Crippen molar-refractivity contribution in [2.75, 3.05) is 37.6 Å². The molecule has 1 N–H and O–H groups in total. The van der Waals surface area contributed by atoms with E-state index in [0.29, 0.717) is 0 Å². The number of aromatic nitrogens is 2. The van der Waals surface area contributed by atoms with E-state index in [0.717, 1.165) is 57.2 Å². The lowest BCUT2D eigenvalue weighted by Gasteiger charge is -2.24. The molecule has 5 nitrogen and oxygen atoms in total. The first kappa shape index (κ1) is 16.7. The second-order valence-corrected chi connectivity index (χ2v) is 4.86. The van der Waals surface area contributed by atoms with Gasteiger partial charge in [0.15, 0.2) is 0 Å². The molecule has 5 heteroatoms. The maximum atomic E-state index is 11.6. The molecule has 0 unspecified atom stereocenters. The van der Waals surface area contributed by atoms with Gasteiger partial charge in [-0.25, -0.2) is 4.98 Å². The van der Waals surface area contributed by atoms with E-state index in [4.69, 9.17) is 0 Å². The molecule has 0 aromatic carbocycles. The minimum Gasteiger partial charge on any atom is -0.357 e. The van der Waals surface area contributed by atoms with E-state index in [1.165, 1.54) is 0 Å². The highest BCUT2D eigenvalue weighted by Crippen LogP contribution is 2.09. The Morgan fingerprint density at radius 3 is 2.35 bits per heavy atom. The van der Waals surface area contributed by atoms with Crippen molar-refractivity contribution in [2.45, 2.75) is 40.5 Å². The zero-order chi connectivity index (χ0) is 15.0. The van der Waals surface area contributed by atoms with Gasteiger partial charge in [-0.15, -0.1) is 0 Å².